The predicted octanol–water partition coefficient (Wildman–Crippen LogP) is 3.58. The van der Waals surface area contributed by atoms with Crippen molar-refractivity contribution in [3.63, 3.8) is 0 Å². The lowest BCUT2D eigenvalue weighted by molar-refractivity contribution is 0.0954. The first kappa shape index (κ1) is 14.2. The monoisotopic (exact) mass is 291 g/mol. The van der Waals surface area contributed by atoms with Gasteiger partial charge in [-0.1, -0.05) is 18.2 Å². The third-order valence-corrected chi connectivity index (χ3v) is 4.32. The van der Waals surface area contributed by atoms with E-state index in [2.05, 4.69) is 23.0 Å². The number of nitrogens with one attached hydrogen (secondary N) is 1. The summed E-state index contributed by atoms with van der Waals surface area (Å²) < 4.78 is 0. The van der Waals surface area contributed by atoms with Crippen LogP contribution in [0.2, 0.25) is 0 Å². The second kappa shape index (κ2) is 7.36. The molecule has 0 saturated heterocycles. The van der Waals surface area contributed by atoms with Gasteiger partial charge in [0.1, 0.15) is 0 Å². The van der Waals surface area contributed by atoms with Crippen LogP contribution in [0.4, 0.5) is 0 Å². The van der Waals surface area contributed by atoms with Crippen LogP contribution < -0.4 is 5.32 Å². The molecule has 0 radical (unpaired) electrons. The predicted molar refractivity (Wildman–Crippen MR) is 84.0 cm³/mol. The molecule has 0 saturated carbocycles. The number of carbonyl (C=O) groups is 1. The minimum atomic E-state index is 0.00672. The topological polar surface area (TPSA) is 29.1 Å². The molecule has 0 unspecified atom stereocenters. The molecule has 0 atom stereocenters. The SMILES string of the molecule is CSCc1ccc(C(=O)NCCc2cccs2)cc1. The Bertz CT molecular complexity index is 505. The van der Waals surface area contributed by atoms with Gasteiger partial charge in [0.05, 0.1) is 0 Å². The zero-order valence-corrected chi connectivity index (χ0v) is 12.5. The number of rotatable bonds is 6. The molecule has 1 N–H and O–H groups in total. The molecule has 0 aliphatic heterocycles. The molecule has 2 nitrogen and oxygen atoms in total. The van der Waals surface area contributed by atoms with E-state index in [4.69, 9.17) is 0 Å². The van der Waals surface area contributed by atoms with Crippen LogP contribution in [0, 0.1) is 0 Å². The fourth-order valence-electron chi connectivity index (χ4n) is 1.78. The van der Waals surface area contributed by atoms with Crippen LogP contribution in [0.1, 0.15) is 20.8 Å². The van der Waals surface area contributed by atoms with Crippen LogP contribution >= 0.6 is 23.1 Å². The zero-order chi connectivity index (χ0) is 13.5. The molecule has 100 valence electrons. The maximum Gasteiger partial charge on any atom is 0.251 e. The standard InChI is InChI=1S/C15H17NOS2/c1-18-11-12-4-6-13(7-5-12)15(17)16-9-8-14-3-2-10-19-14/h2-7,10H,8-9,11H2,1H3,(H,16,17). The van der Waals surface area contributed by atoms with Gasteiger partial charge in [0.15, 0.2) is 0 Å². The third kappa shape index (κ3) is 4.40. The van der Waals surface area contributed by atoms with E-state index in [0.29, 0.717) is 6.54 Å². The second-order valence-corrected chi connectivity index (χ2v) is 6.11. The molecule has 19 heavy (non-hydrogen) atoms. The fraction of sp³-hybridized carbons (Fsp3) is 0.267. The lowest BCUT2D eigenvalue weighted by atomic mass is 10.1. The smallest absolute Gasteiger partial charge is 0.251 e. The van der Waals surface area contributed by atoms with Crippen molar-refractivity contribution in [2.75, 3.05) is 12.8 Å². The molecule has 0 spiro atoms. The number of amides is 1. The highest BCUT2D eigenvalue weighted by Gasteiger charge is 2.04. The van der Waals surface area contributed by atoms with Crippen LogP contribution in [-0.4, -0.2) is 18.7 Å². The van der Waals surface area contributed by atoms with E-state index in [0.717, 1.165) is 17.7 Å². The number of thioether (sulfide) groups is 1. The lowest BCUT2D eigenvalue weighted by Gasteiger charge is -2.05. The second-order valence-electron chi connectivity index (χ2n) is 4.22. The van der Waals surface area contributed by atoms with Crippen molar-refractivity contribution in [3.05, 3.63) is 57.8 Å². The lowest BCUT2D eigenvalue weighted by Crippen LogP contribution is -2.25. The maximum atomic E-state index is 11.9. The zero-order valence-electron chi connectivity index (χ0n) is 10.9. The maximum absolute atomic E-state index is 11.9. The minimum absolute atomic E-state index is 0.00672. The summed E-state index contributed by atoms with van der Waals surface area (Å²) in [4.78, 5) is 13.2. The molecule has 0 aliphatic rings. The van der Waals surface area contributed by atoms with E-state index in [1.54, 1.807) is 23.1 Å². The van der Waals surface area contributed by atoms with Gasteiger partial charge in [0, 0.05) is 22.7 Å². The van der Waals surface area contributed by atoms with Gasteiger partial charge in [-0.05, 0) is 41.8 Å². The Kier molecular flexibility index (Phi) is 5.48. The van der Waals surface area contributed by atoms with Gasteiger partial charge in [-0.15, -0.1) is 11.3 Å². The molecule has 1 amide bonds. The molecular formula is C15H17NOS2. The van der Waals surface area contributed by atoms with E-state index < -0.39 is 0 Å². The Labute approximate surface area is 122 Å². The molecular weight excluding hydrogens is 274 g/mol. The first-order chi connectivity index (χ1) is 9.29. The first-order valence-electron chi connectivity index (χ1n) is 6.18. The summed E-state index contributed by atoms with van der Waals surface area (Å²) in [6, 6.07) is 12.0. The number of hydrogen-bond donors (Lipinski definition) is 1. The number of benzene rings is 1. The summed E-state index contributed by atoms with van der Waals surface area (Å²) in [5.41, 5.74) is 1.98. The highest BCUT2D eigenvalue weighted by atomic mass is 32.2. The van der Waals surface area contributed by atoms with Crippen molar-refractivity contribution < 1.29 is 4.79 Å². The van der Waals surface area contributed by atoms with Gasteiger partial charge in [0.2, 0.25) is 0 Å². The van der Waals surface area contributed by atoms with E-state index in [9.17, 15) is 4.79 Å². The van der Waals surface area contributed by atoms with Gasteiger partial charge in [-0.25, -0.2) is 0 Å². The van der Waals surface area contributed by atoms with Crippen LogP contribution in [0.15, 0.2) is 41.8 Å². The summed E-state index contributed by atoms with van der Waals surface area (Å²) in [5.74, 6) is 0.993. The van der Waals surface area contributed by atoms with E-state index in [1.807, 2.05) is 30.3 Å². The van der Waals surface area contributed by atoms with Gasteiger partial charge < -0.3 is 5.32 Å². The molecule has 2 aromatic rings. The molecule has 1 heterocycles. The Morgan fingerprint density at radius 3 is 2.68 bits per heavy atom. The quantitative estimate of drug-likeness (QED) is 0.881. The van der Waals surface area contributed by atoms with Gasteiger partial charge in [-0.2, -0.15) is 11.8 Å². The summed E-state index contributed by atoms with van der Waals surface area (Å²) in [6.07, 6.45) is 2.97. The molecule has 0 aliphatic carbocycles. The normalized spacial score (nSPS) is 10.4. The molecule has 1 aromatic heterocycles. The minimum Gasteiger partial charge on any atom is -0.352 e. The van der Waals surface area contributed by atoms with Crippen LogP contribution in [0.5, 0.6) is 0 Å². The van der Waals surface area contributed by atoms with E-state index in [1.165, 1.54) is 10.4 Å². The molecule has 4 heteroatoms. The molecule has 1 aromatic carbocycles. The number of carbonyl (C=O) groups excluding carboxylic acids is 1. The van der Waals surface area contributed by atoms with Gasteiger partial charge in [0.25, 0.3) is 5.91 Å². The average Bonchev–Trinajstić information content (AvgIpc) is 2.93. The van der Waals surface area contributed by atoms with E-state index in [-0.39, 0.29) is 5.91 Å². The Hall–Kier alpha value is -1.26. The van der Waals surface area contributed by atoms with Crippen molar-refractivity contribution in [2.24, 2.45) is 0 Å². The summed E-state index contributed by atoms with van der Waals surface area (Å²) >= 11 is 3.51. The van der Waals surface area contributed by atoms with Crippen molar-refractivity contribution in [1.29, 1.82) is 0 Å². The summed E-state index contributed by atoms with van der Waals surface area (Å²) in [7, 11) is 0. The summed E-state index contributed by atoms with van der Waals surface area (Å²) in [6.45, 7) is 0.686. The fourth-order valence-corrected chi connectivity index (χ4v) is 3.01. The Balaban J connectivity index is 1.82. The van der Waals surface area contributed by atoms with Gasteiger partial charge >= 0.3 is 0 Å². The number of hydrogen-bond acceptors (Lipinski definition) is 3. The van der Waals surface area contributed by atoms with Crippen molar-refractivity contribution in [3.8, 4) is 0 Å². The van der Waals surface area contributed by atoms with Gasteiger partial charge in [-0.3, -0.25) is 4.79 Å². The van der Waals surface area contributed by atoms with Crippen LogP contribution in [-0.2, 0) is 12.2 Å². The molecule has 0 fully saturated rings. The van der Waals surface area contributed by atoms with Crippen LogP contribution in [0.25, 0.3) is 0 Å². The first-order valence-corrected chi connectivity index (χ1v) is 8.45. The Morgan fingerprint density at radius 2 is 2.05 bits per heavy atom. The van der Waals surface area contributed by atoms with Crippen molar-refractivity contribution >= 4 is 29.0 Å². The van der Waals surface area contributed by atoms with Crippen LogP contribution in [0.3, 0.4) is 0 Å². The van der Waals surface area contributed by atoms with Crippen molar-refractivity contribution in [2.45, 2.75) is 12.2 Å². The van der Waals surface area contributed by atoms with E-state index >= 15 is 0 Å². The largest absolute Gasteiger partial charge is 0.352 e. The highest BCUT2D eigenvalue weighted by molar-refractivity contribution is 7.97. The summed E-state index contributed by atoms with van der Waals surface area (Å²) in [5, 5.41) is 5.01. The average molecular weight is 291 g/mol. The molecule has 0 bridgehead atoms. The third-order valence-electron chi connectivity index (χ3n) is 2.76. The van der Waals surface area contributed by atoms with Crippen molar-refractivity contribution in [1.82, 2.24) is 5.32 Å². The number of thiophene rings is 1. The highest BCUT2D eigenvalue weighted by Crippen LogP contribution is 2.11. The Morgan fingerprint density at radius 1 is 1.26 bits per heavy atom. The molecule has 2 rings (SSSR count).